The van der Waals surface area contributed by atoms with Gasteiger partial charge in [0.05, 0.1) is 0 Å². The van der Waals surface area contributed by atoms with Crippen molar-refractivity contribution in [3.05, 3.63) is 73.3 Å². The molecule has 0 atom stereocenters. The molecule has 0 aromatic heterocycles. The zero-order valence-electron chi connectivity index (χ0n) is 15.9. The smallest absolute Gasteiger partial charge is 0.210 e. The Labute approximate surface area is 164 Å². The van der Waals surface area contributed by atoms with E-state index in [4.69, 9.17) is 0 Å². The van der Waals surface area contributed by atoms with Crippen molar-refractivity contribution in [1.29, 1.82) is 0 Å². The number of rotatable bonds is 8. The molecule has 0 bridgehead atoms. The van der Waals surface area contributed by atoms with Gasteiger partial charge >= 0.3 is 0 Å². The molecule has 0 saturated carbocycles. The van der Waals surface area contributed by atoms with Crippen LogP contribution in [0.1, 0.15) is 44.9 Å². The molecule has 1 nitrogen and oxygen atoms in total. The molecule has 2 aromatic carbocycles. The molecule has 138 valence electrons. The van der Waals surface area contributed by atoms with Crippen LogP contribution in [0, 0.1) is 23.4 Å². The van der Waals surface area contributed by atoms with Crippen molar-refractivity contribution < 1.29 is 4.57 Å². The van der Waals surface area contributed by atoms with E-state index in [0.717, 1.165) is 55.6 Å². The quantitative estimate of drug-likeness (QED) is 0.244. The normalized spacial score (nSPS) is 10.2. The lowest BCUT2D eigenvalue weighted by molar-refractivity contribution is 0.593. The Bertz CT molecular complexity index is 817. The molecule has 0 fully saturated rings. The van der Waals surface area contributed by atoms with Gasteiger partial charge in [-0.3, -0.25) is 4.57 Å². The van der Waals surface area contributed by atoms with Gasteiger partial charge in [-0.1, -0.05) is 72.7 Å². The van der Waals surface area contributed by atoms with E-state index in [-0.39, 0.29) is 0 Å². The molecule has 2 aromatic rings. The van der Waals surface area contributed by atoms with Crippen LogP contribution in [0.2, 0.25) is 0 Å². The molecule has 0 spiro atoms. The van der Waals surface area contributed by atoms with Gasteiger partial charge in [0.15, 0.2) is 0 Å². The third-order valence-corrected chi connectivity index (χ3v) is 6.69. The number of hydrogen-bond donors (Lipinski definition) is 0. The van der Waals surface area contributed by atoms with Gasteiger partial charge in [-0.2, -0.15) is 0 Å². The Morgan fingerprint density at radius 3 is 1.74 bits per heavy atom. The molecule has 0 saturated heterocycles. The van der Waals surface area contributed by atoms with Crippen LogP contribution in [0.15, 0.2) is 73.3 Å². The maximum absolute atomic E-state index is 13.7. The minimum absolute atomic E-state index is 0.752. The average molecular weight is 374 g/mol. The summed E-state index contributed by atoms with van der Waals surface area (Å²) in [7, 11) is -2.90. The number of benzene rings is 2. The van der Waals surface area contributed by atoms with E-state index in [1.165, 1.54) is 0 Å². The molecule has 0 aliphatic carbocycles. The van der Waals surface area contributed by atoms with E-state index in [1.807, 2.05) is 66.7 Å². The highest BCUT2D eigenvalue weighted by atomic mass is 31.2. The molecule has 0 N–H and O–H groups in total. The fourth-order valence-electron chi connectivity index (χ4n) is 2.66. The predicted molar refractivity (Wildman–Crippen MR) is 118 cm³/mol. The van der Waals surface area contributed by atoms with Crippen LogP contribution in [0.3, 0.4) is 0 Å². The van der Waals surface area contributed by atoms with E-state index in [9.17, 15) is 4.57 Å². The van der Waals surface area contributed by atoms with Crippen molar-refractivity contribution in [3.8, 4) is 23.4 Å². The number of unbranched alkanes of at least 4 members (excludes halogenated alkanes) is 5. The summed E-state index contributed by atoms with van der Waals surface area (Å²) in [4.78, 5) is 0. The summed E-state index contributed by atoms with van der Waals surface area (Å²) < 4.78 is 13.7. The Balaban J connectivity index is 1.93. The highest BCUT2D eigenvalue weighted by molar-refractivity contribution is 7.83. The zero-order valence-corrected chi connectivity index (χ0v) is 16.8. The molecule has 2 heteroatoms. The van der Waals surface area contributed by atoms with Gasteiger partial charge < -0.3 is 0 Å². The fraction of sp³-hybridized carbons (Fsp3) is 0.280. The number of allylic oxidation sites excluding steroid dienone is 1. The summed E-state index contributed by atoms with van der Waals surface area (Å²) in [5.41, 5.74) is 3.11. The minimum Gasteiger partial charge on any atom is -0.300 e. The second-order valence-corrected chi connectivity index (χ2v) is 8.79. The number of hydrogen-bond acceptors (Lipinski definition) is 1. The Morgan fingerprint density at radius 2 is 1.22 bits per heavy atom. The van der Waals surface area contributed by atoms with E-state index >= 15 is 0 Å². The van der Waals surface area contributed by atoms with Crippen molar-refractivity contribution in [2.24, 2.45) is 0 Å². The van der Waals surface area contributed by atoms with Crippen LogP contribution in [0.25, 0.3) is 0 Å². The molecule has 0 unspecified atom stereocenters. The molecular formula is C25H27OP. The second kappa shape index (κ2) is 12.0. The van der Waals surface area contributed by atoms with Gasteiger partial charge in [-0.05, 0) is 31.3 Å². The van der Waals surface area contributed by atoms with Gasteiger partial charge in [0.25, 0.3) is 0 Å². The molecular weight excluding hydrogens is 347 g/mol. The molecule has 27 heavy (non-hydrogen) atoms. The van der Waals surface area contributed by atoms with Gasteiger partial charge in [0.1, 0.15) is 0 Å². The van der Waals surface area contributed by atoms with Crippen molar-refractivity contribution >= 4 is 17.8 Å². The first-order valence-corrected chi connectivity index (χ1v) is 11.3. The van der Waals surface area contributed by atoms with Gasteiger partial charge in [0, 0.05) is 29.9 Å². The first-order valence-electron chi connectivity index (χ1n) is 9.55. The largest absolute Gasteiger partial charge is 0.300 e. The van der Waals surface area contributed by atoms with Crippen LogP contribution >= 0.6 is 7.14 Å². The van der Waals surface area contributed by atoms with Crippen LogP contribution in [0.5, 0.6) is 0 Å². The lowest BCUT2D eigenvalue weighted by Crippen LogP contribution is -2.14. The topological polar surface area (TPSA) is 17.1 Å². The molecule has 0 radical (unpaired) electrons. The molecule has 0 amide bonds. The second-order valence-electron chi connectivity index (χ2n) is 6.31. The Kier molecular flexibility index (Phi) is 9.27. The van der Waals surface area contributed by atoms with E-state index in [2.05, 4.69) is 30.0 Å². The average Bonchev–Trinajstić information content (AvgIpc) is 2.73. The van der Waals surface area contributed by atoms with E-state index < -0.39 is 7.14 Å². The van der Waals surface area contributed by atoms with Crippen molar-refractivity contribution in [1.82, 2.24) is 0 Å². The standard InChI is InChI=1S/C25H27OP/c1-2-3-4-5-6-7-8-9-10-11-18-23-27(26,24-19-14-12-15-20-24)25-21-16-13-17-22-25/h2,12-17,19-22H,1,3-5,8-11H2. The third-order valence-electron chi connectivity index (χ3n) is 4.16. The summed E-state index contributed by atoms with van der Waals surface area (Å²) in [5, 5.41) is 1.60. The summed E-state index contributed by atoms with van der Waals surface area (Å²) in [6, 6.07) is 19.2. The Morgan fingerprint density at radius 1 is 0.741 bits per heavy atom. The van der Waals surface area contributed by atoms with Crippen molar-refractivity contribution in [2.45, 2.75) is 44.9 Å². The van der Waals surface area contributed by atoms with Crippen molar-refractivity contribution in [3.63, 3.8) is 0 Å². The molecule has 2 rings (SSSR count). The van der Waals surface area contributed by atoms with Gasteiger partial charge in [-0.25, -0.2) is 0 Å². The minimum atomic E-state index is -2.90. The monoisotopic (exact) mass is 374 g/mol. The lowest BCUT2D eigenvalue weighted by atomic mass is 10.2. The summed E-state index contributed by atoms with van der Waals surface area (Å²) in [6.45, 7) is 3.71. The fourth-order valence-corrected chi connectivity index (χ4v) is 4.73. The summed E-state index contributed by atoms with van der Waals surface area (Å²) in [5.74, 6) is 9.59. The molecule has 0 heterocycles. The lowest BCUT2D eigenvalue weighted by Gasteiger charge is -2.12. The van der Waals surface area contributed by atoms with Crippen molar-refractivity contribution in [2.75, 3.05) is 0 Å². The van der Waals surface area contributed by atoms with Crippen LogP contribution in [0.4, 0.5) is 0 Å². The zero-order chi connectivity index (χ0) is 19.2. The van der Waals surface area contributed by atoms with Gasteiger partial charge in [0.2, 0.25) is 7.14 Å². The van der Waals surface area contributed by atoms with Gasteiger partial charge in [-0.15, -0.1) is 18.4 Å². The third kappa shape index (κ3) is 6.98. The highest BCUT2D eigenvalue weighted by Gasteiger charge is 2.24. The molecule has 0 aliphatic heterocycles. The molecule has 0 aliphatic rings. The van der Waals surface area contributed by atoms with Crippen LogP contribution < -0.4 is 10.6 Å². The summed E-state index contributed by atoms with van der Waals surface area (Å²) >= 11 is 0. The van der Waals surface area contributed by atoms with Crippen LogP contribution in [-0.2, 0) is 4.57 Å². The summed E-state index contributed by atoms with van der Waals surface area (Å²) in [6.07, 6.45) is 8.69. The predicted octanol–water partition coefficient (Wildman–Crippen LogP) is 5.88. The van der Waals surface area contributed by atoms with Crippen LogP contribution in [-0.4, -0.2) is 0 Å². The highest BCUT2D eigenvalue weighted by Crippen LogP contribution is 2.41. The SMILES string of the molecule is C=CCCCC#CCCCCC#CP(=O)(c1ccccc1)c1ccccc1. The van der Waals surface area contributed by atoms with E-state index in [1.54, 1.807) is 0 Å². The van der Waals surface area contributed by atoms with E-state index in [0.29, 0.717) is 0 Å². The maximum atomic E-state index is 13.7. The first-order chi connectivity index (χ1) is 13.3. The maximum Gasteiger partial charge on any atom is 0.210 e. The Hall–Kier alpha value is -2.47. The first kappa shape index (κ1) is 20.8.